The van der Waals surface area contributed by atoms with E-state index >= 15 is 0 Å². The van der Waals surface area contributed by atoms with Crippen LogP contribution < -0.4 is 0 Å². The molecule has 4 heteroatoms. The zero-order valence-electron chi connectivity index (χ0n) is 16.7. The molecule has 2 aromatic rings. The Morgan fingerprint density at radius 2 is 1.43 bits per heavy atom. The summed E-state index contributed by atoms with van der Waals surface area (Å²) in [6, 6.07) is 20.3. The van der Waals surface area contributed by atoms with Crippen LogP contribution in [0.5, 0.6) is 0 Å². The van der Waals surface area contributed by atoms with Crippen molar-refractivity contribution in [1.29, 1.82) is 0 Å². The Balaban J connectivity index is 1.63. The number of amides is 1. The highest BCUT2D eigenvalue weighted by Crippen LogP contribution is 2.28. The van der Waals surface area contributed by atoms with Gasteiger partial charge < -0.3 is 9.64 Å². The van der Waals surface area contributed by atoms with Gasteiger partial charge in [0.25, 0.3) is 5.91 Å². The Kier molecular flexibility index (Phi) is 6.85. The van der Waals surface area contributed by atoms with Crippen molar-refractivity contribution in [2.24, 2.45) is 0 Å². The first-order valence-corrected chi connectivity index (χ1v) is 10.1. The van der Waals surface area contributed by atoms with Crippen molar-refractivity contribution in [3.8, 4) is 0 Å². The van der Waals surface area contributed by atoms with Crippen LogP contribution in [-0.2, 0) is 14.3 Å². The predicted octanol–water partition coefficient (Wildman–Crippen LogP) is 4.54. The average molecular weight is 380 g/mol. The Morgan fingerprint density at radius 1 is 0.929 bits per heavy atom. The van der Waals surface area contributed by atoms with E-state index in [-0.39, 0.29) is 42.9 Å². The molecule has 1 heterocycles. The molecule has 3 rings (SSSR count). The van der Waals surface area contributed by atoms with Crippen molar-refractivity contribution in [1.82, 2.24) is 4.90 Å². The number of rotatable bonds is 6. The van der Waals surface area contributed by atoms with E-state index in [1.165, 1.54) is 0 Å². The van der Waals surface area contributed by atoms with Gasteiger partial charge in [-0.2, -0.15) is 0 Å². The maximum absolute atomic E-state index is 12.6. The Morgan fingerprint density at radius 3 is 1.93 bits per heavy atom. The molecule has 148 valence electrons. The predicted molar refractivity (Wildman–Crippen MR) is 110 cm³/mol. The molecule has 1 fully saturated rings. The van der Waals surface area contributed by atoms with E-state index in [1.807, 2.05) is 65.6 Å². The Labute approximate surface area is 167 Å². The summed E-state index contributed by atoms with van der Waals surface area (Å²) in [5, 5.41) is 0. The second kappa shape index (κ2) is 9.54. The SMILES string of the molecule is C[C@H]1CCC[C@H](C)N1C(=O)COC(=O)CC(c1ccccc1)c1ccccc1. The molecule has 0 unspecified atom stereocenters. The minimum atomic E-state index is -0.344. The second-order valence-electron chi connectivity index (χ2n) is 7.67. The van der Waals surface area contributed by atoms with E-state index in [9.17, 15) is 9.59 Å². The molecule has 28 heavy (non-hydrogen) atoms. The van der Waals surface area contributed by atoms with Crippen LogP contribution in [0.2, 0.25) is 0 Å². The van der Waals surface area contributed by atoms with Crippen molar-refractivity contribution in [2.75, 3.05) is 6.61 Å². The molecule has 2 aromatic carbocycles. The molecule has 1 amide bonds. The van der Waals surface area contributed by atoms with Gasteiger partial charge in [0.05, 0.1) is 6.42 Å². The number of likely N-dealkylation sites (tertiary alicyclic amines) is 1. The highest BCUT2D eigenvalue weighted by atomic mass is 16.5. The zero-order valence-corrected chi connectivity index (χ0v) is 16.7. The van der Waals surface area contributed by atoms with Gasteiger partial charge in [0.1, 0.15) is 0 Å². The van der Waals surface area contributed by atoms with Gasteiger partial charge in [0, 0.05) is 18.0 Å². The molecule has 2 atom stereocenters. The number of ether oxygens (including phenoxy) is 1. The maximum atomic E-state index is 12.6. The molecule has 0 N–H and O–H groups in total. The van der Waals surface area contributed by atoms with Crippen LogP contribution in [0, 0.1) is 0 Å². The van der Waals surface area contributed by atoms with Crippen LogP contribution in [0.4, 0.5) is 0 Å². The van der Waals surface area contributed by atoms with Gasteiger partial charge in [0.15, 0.2) is 6.61 Å². The fraction of sp³-hybridized carbons (Fsp3) is 0.417. The average Bonchev–Trinajstić information content (AvgIpc) is 2.71. The summed E-state index contributed by atoms with van der Waals surface area (Å²) >= 11 is 0. The van der Waals surface area contributed by atoms with E-state index in [1.54, 1.807) is 0 Å². The summed E-state index contributed by atoms with van der Waals surface area (Å²) in [5.74, 6) is -0.523. The smallest absolute Gasteiger partial charge is 0.307 e. The van der Waals surface area contributed by atoms with E-state index in [0.29, 0.717) is 0 Å². The largest absolute Gasteiger partial charge is 0.456 e. The molecule has 1 saturated heterocycles. The topological polar surface area (TPSA) is 46.6 Å². The first kappa shape index (κ1) is 20.1. The lowest BCUT2D eigenvalue weighted by Crippen LogP contribution is -2.49. The quantitative estimate of drug-likeness (QED) is 0.692. The number of piperidine rings is 1. The van der Waals surface area contributed by atoms with E-state index in [2.05, 4.69) is 13.8 Å². The minimum absolute atomic E-state index is 0.0853. The van der Waals surface area contributed by atoms with Gasteiger partial charge in [-0.05, 0) is 44.2 Å². The number of hydrogen-bond donors (Lipinski definition) is 0. The fourth-order valence-corrected chi connectivity index (χ4v) is 4.15. The highest BCUT2D eigenvalue weighted by molar-refractivity contribution is 5.81. The lowest BCUT2D eigenvalue weighted by Gasteiger charge is -2.38. The second-order valence-corrected chi connectivity index (χ2v) is 7.67. The summed E-state index contributed by atoms with van der Waals surface area (Å²) in [6.45, 7) is 3.95. The molecule has 4 nitrogen and oxygen atoms in total. The van der Waals surface area contributed by atoms with Gasteiger partial charge in [0.2, 0.25) is 0 Å². The van der Waals surface area contributed by atoms with E-state index < -0.39 is 0 Å². The van der Waals surface area contributed by atoms with Crippen molar-refractivity contribution < 1.29 is 14.3 Å². The summed E-state index contributed by atoms with van der Waals surface area (Å²) in [4.78, 5) is 27.0. The third-order valence-corrected chi connectivity index (χ3v) is 5.61. The Hall–Kier alpha value is -2.62. The minimum Gasteiger partial charge on any atom is -0.456 e. The molecule has 0 aliphatic carbocycles. The van der Waals surface area contributed by atoms with Crippen molar-refractivity contribution in [3.63, 3.8) is 0 Å². The van der Waals surface area contributed by atoms with Crippen molar-refractivity contribution >= 4 is 11.9 Å². The zero-order chi connectivity index (χ0) is 19.9. The highest BCUT2D eigenvalue weighted by Gasteiger charge is 2.29. The lowest BCUT2D eigenvalue weighted by atomic mass is 9.89. The molecule has 1 aliphatic rings. The monoisotopic (exact) mass is 379 g/mol. The lowest BCUT2D eigenvalue weighted by molar-refractivity contribution is -0.155. The molecule has 0 bridgehead atoms. The van der Waals surface area contributed by atoms with E-state index in [4.69, 9.17) is 4.74 Å². The fourth-order valence-electron chi connectivity index (χ4n) is 4.15. The number of carbonyl (C=O) groups is 2. The summed E-state index contributed by atoms with van der Waals surface area (Å²) in [7, 11) is 0. The summed E-state index contributed by atoms with van der Waals surface area (Å²) in [6.07, 6.45) is 3.37. The maximum Gasteiger partial charge on any atom is 0.307 e. The first-order chi connectivity index (χ1) is 13.6. The third-order valence-electron chi connectivity index (χ3n) is 5.61. The van der Waals surface area contributed by atoms with Crippen molar-refractivity contribution in [2.45, 2.75) is 57.5 Å². The van der Waals surface area contributed by atoms with Gasteiger partial charge >= 0.3 is 5.97 Å². The number of benzene rings is 2. The van der Waals surface area contributed by atoms with Gasteiger partial charge in [-0.3, -0.25) is 9.59 Å². The van der Waals surface area contributed by atoms with E-state index in [0.717, 1.165) is 30.4 Å². The van der Waals surface area contributed by atoms with Gasteiger partial charge in [-0.1, -0.05) is 60.7 Å². The standard InChI is InChI=1S/C24H29NO3/c1-18-10-9-11-19(2)25(18)23(26)17-28-24(27)16-22(20-12-5-3-6-13-20)21-14-7-4-8-15-21/h3-8,12-15,18-19,22H,9-11,16-17H2,1-2H3/t18-,19-/m0/s1. The molecule has 0 radical (unpaired) electrons. The van der Waals surface area contributed by atoms with Crippen LogP contribution in [0.3, 0.4) is 0 Å². The molecular weight excluding hydrogens is 350 g/mol. The van der Waals surface area contributed by atoms with Crippen LogP contribution in [0.25, 0.3) is 0 Å². The molecule has 1 aliphatic heterocycles. The van der Waals surface area contributed by atoms with Crippen LogP contribution in [0.15, 0.2) is 60.7 Å². The number of nitrogens with zero attached hydrogens (tertiary/aromatic N) is 1. The molecule has 0 saturated carbocycles. The van der Waals surface area contributed by atoms with Crippen LogP contribution in [0.1, 0.15) is 56.6 Å². The first-order valence-electron chi connectivity index (χ1n) is 10.1. The number of esters is 1. The molecule has 0 aromatic heterocycles. The van der Waals surface area contributed by atoms with Crippen LogP contribution >= 0.6 is 0 Å². The van der Waals surface area contributed by atoms with Gasteiger partial charge in [-0.15, -0.1) is 0 Å². The van der Waals surface area contributed by atoms with Crippen LogP contribution in [-0.4, -0.2) is 35.5 Å². The third kappa shape index (κ3) is 5.00. The Bertz CT molecular complexity index is 725. The van der Waals surface area contributed by atoms with Crippen molar-refractivity contribution in [3.05, 3.63) is 71.8 Å². The summed E-state index contributed by atoms with van der Waals surface area (Å²) < 4.78 is 5.40. The number of carbonyl (C=O) groups excluding carboxylic acids is 2. The van der Waals surface area contributed by atoms with Gasteiger partial charge in [-0.25, -0.2) is 0 Å². The number of hydrogen-bond acceptors (Lipinski definition) is 3. The summed E-state index contributed by atoms with van der Waals surface area (Å²) in [5.41, 5.74) is 2.13. The molecule has 0 spiro atoms. The molecular formula is C24H29NO3. The normalized spacial score (nSPS) is 19.5.